The van der Waals surface area contributed by atoms with Gasteiger partial charge in [-0.2, -0.15) is 0 Å². The Morgan fingerprint density at radius 3 is 1.60 bits per heavy atom. The van der Waals surface area contributed by atoms with Crippen LogP contribution in [0.3, 0.4) is 0 Å². The first kappa shape index (κ1) is 8.35. The first-order valence-electron chi connectivity index (χ1n) is 4.03. The van der Waals surface area contributed by atoms with Crippen LogP contribution in [0.25, 0.3) is 0 Å². The lowest BCUT2D eigenvalue weighted by Crippen LogP contribution is -1.99. The summed E-state index contributed by atoms with van der Waals surface area (Å²) in [6.07, 6.45) is 5.69. The third-order valence-electron chi connectivity index (χ3n) is 2.10. The fraction of sp³-hybridized carbons (Fsp3) is 1.00. The Balaban J connectivity index is 0.000000500. The molecule has 0 saturated heterocycles. The van der Waals surface area contributed by atoms with Gasteiger partial charge in [0, 0.05) is 13.2 Å². The summed E-state index contributed by atoms with van der Waals surface area (Å²) >= 11 is 0. The summed E-state index contributed by atoms with van der Waals surface area (Å²) in [5, 5.41) is 0. The molecule has 2 fully saturated rings. The fourth-order valence-corrected chi connectivity index (χ4v) is 0.970. The summed E-state index contributed by atoms with van der Waals surface area (Å²) in [7, 11) is 0. The van der Waals surface area contributed by atoms with Crippen LogP contribution in [0.1, 0.15) is 25.7 Å². The highest BCUT2D eigenvalue weighted by molar-refractivity contribution is 5.85. The molecule has 0 spiro atoms. The Morgan fingerprint density at radius 1 is 0.900 bits per heavy atom. The Labute approximate surface area is 68.5 Å². The molecule has 0 aliphatic heterocycles. The van der Waals surface area contributed by atoms with Crippen LogP contribution in [0.2, 0.25) is 0 Å². The van der Waals surface area contributed by atoms with Crippen molar-refractivity contribution in [2.24, 2.45) is 11.8 Å². The fourth-order valence-electron chi connectivity index (χ4n) is 0.970. The predicted octanol–water partition coefficient (Wildman–Crippen LogP) is 2.24. The highest BCUT2D eigenvalue weighted by Crippen LogP contribution is 2.32. The van der Waals surface area contributed by atoms with E-state index >= 15 is 0 Å². The van der Waals surface area contributed by atoms with Gasteiger partial charge in [-0.3, -0.25) is 0 Å². The summed E-state index contributed by atoms with van der Waals surface area (Å²) in [5.74, 6) is 1.90. The zero-order valence-corrected chi connectivity index (χ0v) is 7.03. The molecule has 0 unspecified atom stereocenters. The smallest absolute Gasteiger partial charge is 0.0494 e. The van der Waals surface area contributed by atoms with Crippen LogP contribution in [0.15, 0.2) is 0 Å². The second kappa shape index (κ2) is 3.59. The summed E-state index contributed by atoms with van der Waals surface area (Å²) in [6.45, 7) is 2.10. The lowest BCUT2D eigenvalue weighted by molar-refractivity contribution is 0.115. The Bertz CT molecular complexity index is 85.4. The lowest BCUT2D eigenvalue weighted by atomic mass is 10.4. The first-order valence-corrected chi connectivity index (χ1v) is 4.03. The Morgan fingerprint density at radius 2 is 1.30 bits per heavy atom. The normalized spacial score (nSPS) is 24.0. The third-order valence-corrected chi connectivity index (χ3v) is 2.10. The molecule has 0 atom stereocenters. The predicted molar refractivity (Wildman–Crippen MR) is 43.5 cm³/mol. The quantitative estimate of drug-likeness (QED) is 0.616. The molecule has 60 valence electrons. The molecule has 0 aromatic rings. The van der Waals surface area contributed by atoms with Crippen molar-refractivity contribution in [1.29, 1.82) is 0 Å². The van der Waals surface area contributed by atoms with E-state index in [0.717, 1.165) is 25.0 Å². The molecule has 2 heteroatoms. The van der Waals surface area contributed by atoms with E-state index in [0.29, 0.717) is 0 Å². The van der Waals surface area contributed by atoms with Gasteiger partial charge >= 0.3 is 0 Å². The maximum Gasteiger partial charge on any atom is 0.0494 e. The van der Waals surface area contributed by atoms with Crippen LogP contribution in [-0.2, 0) is 4.74 Å². The van der Waals surface area contributed by atoms with Gasteiger partial charge in [-0.1, -0.05) is 0 Å². The van der Waals surface area contributed by atoms with Crippen LogP contribution in [-0.4, -0.2) is 13.2 Å². The van der Waals surface area contributed by atoms with Crippen molar-refractivity contribution >= 4 is 12.4 Å². The molecule has 2 aliphatic carbocycles. The molecule has 2 saturated carbocycles. The van der Waals surface area contributed by atoms with Gasteiger partial charge in [0.1, 0.15) is 0 Å². The molecule has 1 nitrogen and oxygen atoms in total. The van der Waals surface area contributed by atoms with Crippen molar-refractivity contribution in [2.45, 2.75) is 25.7 Å². The van der Waals surface area contributed by atoms with Crippen molar-refractivity contribution in [2.75, 3.05) is 13.2 Å². The third kappa shape index (κ3) is 2.89. The molecule has 0 N–H and O–H groups in total. The molecule has 2 rings (SSSR count). The minimum Gasteiger partial charge on any atom is -0.381 e. The molecular formula is C8H15ClO. The van der Waals surface area contributed by atoms with Crippen molar-refractivity contribution < 1.29 is 4.74 Å². The maximum atomic E-state index is 5.48. The summed E-state index contributed by atoms with van der Waals surface area (Å²) in [6, 6.07) is 0. The largest absolute Gasteiger partial charge is 0.381 e. The first-order chi connectivity index (χ1) is 4.45. The number of ether oxygens (including phenoxy) is 1. The minimum absolute atomic E-state index is 0. The molecule has 0 heterocycles. The van der Waals surface area contributed by atoms with E-state index in [9.17, 15) is 0 Å². The SMILES string of the molecule is C1CC1COCC1CC1.Cl. The number of halogens is 1. The van der Waals surface area contributed by atoms with E-state index in [1.54, 1.807) is 0 Å². The Hall–Kier alpha value is 0.250. The van der Waals surface area contributed by atoms with Gasteiger partial charge in [-0.05, 0) is 37.5 Å². The molecule has 0 aromatic heterocycles. The molecule has 0 radical (unpaired) electrons. The maximum absolute atomic E-state index is 5.48. The van der Waals surface area contributed by atoms with Gasteiger partial charge in [-0.25, -0.2) is 0 Å². The number of rotatable bonds is 4. The van der Waals surface area contributed by atoms with Gasteiger partial charge in [0.2, 0.25) is 0 Å². The van der Waals surface area contributed by atoms with E-state index in [4.69, 9.17) is 4.74 Å². The van der Waals surface area contributed by atoms with Crippen LogP contribution < -0.4 is 0 Å². The van der Waals surface area contributed by atoms with Crippen molar-refractivity contribution in [3.8, 4) is 0 Å². The topological polar surface area (TPSA) is 9.23 Å². The van der Waals surface area contributed by atoms with Crippen molar-refractivity contribution in [3.63, 3.8) is 0 Å². The van der Waals surface area contributed by atoms with Crippen molar-refractivity contribution in [3.05, 3.63) is 0 Å². The number of hydrogen-bond donors (Lipinski definition) is 0. The average Bonchev–Trinajstić information content (AvgIpc) is 2.57. The van der Waals surface area contributed by atoms with E-state index in [-0.39, 0.29) is 12.4 Å². The Kier molecular flexibility index (Phi) is 2.99. The number of hydrogen-bond acceptors (Lipinski definition) is 1. The molecule has 0 bridgehead atoms. The summed E-state index contributed by atoms with van der Waals surface area (Å²) < 4.78 is 5.48. The standard InChI is InChI=1S/C8H14O.ClH/c1-2-7(1)5-9-6-8-3-4-8;/h7-8H,1-6H2;1H. The van der Waals surface area contributed by atoms with Crippen LogP contribution in [0.5, 0.6) is 0 Å². The van der Waals surface area contributed by atoms with E-state index in [2.05, 4.69) is 0 Å². The summed E-state index contributed by atoms with van der Waals surface area (Å²) in [4.78, 5) is 0. The zero-order chi connectivity index (χ0) is 6.10. The molecule has 0 aromatic carbocycles. The highest BCUT2D eigenvalue weighted by Gasteiger charge is 2.24. The minimum atomic E-state index is 0. The van der Waals surface area contributed by atoms with Gasteiger partial charge in [0.25, 0.3) is 0 Å². The molecule has 2 aliphatic rings. The highest BCUT2D eigenvalue weighted by atomic mass is 35.5. The second-order valence-corrected chi connectivity index (χ2v) is 3.42. The van der Waals surface area contributed by atoms with Gasteiger partial charge in [0.15, 0.2) is 0 Å². The van der Waals surface area contributed by atoms with E-state index in [1.165, 1.54) is 25.7 Å². The average molecular weight is 163 g/mol. The molecular weight excluding hydrogens is 148 g/mol. The molecule has 0 amide bonds. The summed E-state index contributed by atoms with van der Waals surface area (Å²) in [5.41, 5.74) is 0. The second-order valence-electron chi connectivity index (χ2n) is 3.42. The molecule has 10 heavy (non-hydrogen) atoms. The van der Waals surface area contributed by atoms with Gasteiger partial charge in [-0.15, -0.1) is 12.4 Å². The zero-order valence-electron chi connectivity index (χ0n) is 6.21. The monoisotopic (exact) mass is 162 g/mol. The van der Waals surface area contributed by atoms with E-state index < -0.39 is 0 Å². The van der Waals surface area contributed by atoms with Crippen LogP contribution in [0, 0.1) is 11.8 Å². The van der Waals surface area contributed by atoms with Gasteiger partial charge in [0.05, 0.1) is 0 Å². The van der Waals surface area contributed by atoms with Crippen LogP contribution in [0.4, 0.5) is 0 Å². The van der Waals surface area contributed by atoms with Gasteiger partial charge < -0.3 is 4.74 Å². The van der Waals surface area contributed by atoms with E-state index in [1.807, 2.05) is 0 Å². The van der Waals surface area contributed by atoms with Crippen molar-refractivity contribution in [1.82, 2.24) is 0 Å². The lowest BCUT2D eigenvalue weighted by Gasteiger charge is -1.98. The van der Waals surface area contributed by atoms with Crippen LogP contribution >= 0.6 is 12.4 Å².